The first-order valence-electron chi connectivity index (χ1n) is 16.1. The lowest BCUT2D eigenvalue weighted by Gasteiger charge is -2.56. The molecule has 3 aromatic carbocycles. The molecule has 3 heterocycles. The van der Waals surface area contributed by atoms with Gasteiger partial charge in [-0.25, -0.2) is 0 Å². The third-order valence-corrected chi connectivity index (χ3v) is 10.1. The molecule has 0 saturated heterocycles. The summed E-state index contributed by atoms with van der Waals surface area (Å²) in [5.41, 5.74) is 6.48. The van der Waals surface area contributed by atoms with E-state index in [9.17, 15) is 0 Å². The molecule has 6 rings (SSSR count). The van der Waals surface area contributed by atoms with E-state index in [0.717, 1.165) is 34.0 Å². The maximum Gasteiger partial charge on any atom is 0.0705 e. The lowest BCUT2D eigenvalue weighted by molar-refractivity contribution is 0.176. The Bertz CT molecular complexity index is 1840. The minimum absolute atomic E-state index is 0.419. The molecule has 46 heavy (non-hydrogen) atoms. The van der Waals surface area contributed by atoms with Crippen molar-refractivity contribution in [3.8, 4) is 11.3 Å². The highest BCUT2D eigenvalue weighted by Crippen LogP contribution is 2.58. The summed E-state index contributed by atoms with van der Waals surface area (Å²) >= 11 is 0. The number of aromatic nitrogens is 3. The molecule has 0 aliphatic rings. The van der Waals surface area contributed by atoms with Crippen LogP contribution < -0.4 is 0 Å². The molecule has 0 radical (unpaired) electrons. The van der Waals surface area contributed by atoms with Crippen LogP contribution in [0, 0.1) is 0 Å². The van der Waals surface area contributed by atoms with Crippen LogP contribution in [-0.4, -0.2) is 15.0 Å². The van der Waals surface area contributed by atoms with Gasteiger partial charge in [0, 0.05) is 33.7 Å². The summed E-state index contributed by atoms with van der Waals surface area (Å²) in [6, 6.07) is 51.2. The van der Waals surface area contributed by atoms with E-state index >= 15 is 0 Å². The van der Waals surface area contributed by atoms with Gasteiger partial charge >= 0.3 is 0 Å². The van der Waals surface area contributed by atoms with Gasteiger partial charge in [-0.2, -0.15) is 0 Å². The summed E-state index contributed by atoms with van der Waals surface area (Å²) in [7, 11) is 0. The number of hydrogen-bond acceptors (Lipinski definition) is 3. The second-order valence-corrected chi connectivity index (χ2v) is 13.8. The van der Waals surface area contributed by atoms with Crippen molar-refractivity contribution in [2.45, 2.75) is 63.2 Å². The number of nitrogens with zero attached hydrogens (tertiary/aromatic N) is 3. The highest BCUT2D eigenvalue weighted by atomic mass is 14.8. The Morgan fingerprint density at radius 1 is 0.391 bits per heavy atom. The van der Waals surface area contributed by atoms with E-state index in [4.69, 9.17) is 15.0 Å². The van der Waals surface area contributed by atoms with Gasteiger partial charge in [0.2, 0.25) is 0 Å². The third kappa shape index (κ3) is 5.14. The summed E-state index contributed by atoms with van der Waals surface area (Å²) in [5, 5.41) is 0. The number of hydrogen-bond donors (Lipinski definition) is 0. The SMILES string of the molecule is CC(C)(c1cccc(-c2ccccc2)n1)c1cccc(C(c2ccccc2)(C(C)(C)c2ccccc2)C(C)(C)c2ccccn2)n1. The van der Waals surface area contributed by atoms with E-state index in [0.29, 0.717) is 0 Å². The van der Waals surface area contributed by atoms with Crippen molar-refractivity contribution in [3.63, 3.8) is 0 Å². The molecular weight excluding hydrogens is 558 g/mol. The first-order valence-corrected chi connectivity index (χ1v) is 16.1. The first kappa shape index (κ1) is 31.1. The van der Waals surface area contributed by atoms with Crippen LogP contribution >= 0.6 is 0 Å². The van der Waals surface area contributed by atoms with Crippen molar-refractivity contribution in [2.24, 2.45) is 0 Å². The summed E-state index contributed by atoms with van der Waals surface area (Å²) in [6.45, 7) is 13.9. The van der Waals surface area contributed by atoms with Crippen LogP contribution in [0.2, 0.25) is 0 Å². The van der Waals surface area contributed by atoms with Gasteiger partial charge in [0.15, 0.2) is 0 Å². The fourth-order valence-electron chi connectivity index (χ4n) is 7.65. The monoisotopic (exact) mass is 601 g/mol. The van der Waals surface area contributed by atoms with Gasteiger partial charge in [0.05, 0.1) is 28.2 Å². The van der Waals surface area contributed by atoms with Crippen LogP contribution in [0.25, 0.3) is 11.3 Å². The van der Waals surface area contributed by atoms with Crippen LogP contribution in [0.1, 0.15) is 75.4 Å². The Balaban J connectivity index is 1.63. The zero-order valence-electron chi connectivity index (χ0n) is 27.8. The molecule has 230 valence electrons. The average molecular weight is 602 g/mol. The molecule has 0 aliphatic carbocycles. The predicted octanol–water partition coefficient (Wildman–Crippen LogP) is 10.1. The van der Waals surface area contributed by atoms with Crippen molar-refractivity contribution < 1.29 is 0 Å². The van der Waals surface area contributed by atoms with Crippen LogP contribution in [0.5, 0.6) is 0 Å². The quantitative estimate of drug-likeness (QED) is 0.166. The van der Waals surface area contributed by atoms with Gasteiger partial charge in [-0.3, -0.25) is 15.0 Å². The van der Waals surface area contributed by atoms with Crippen molar-refractivity contribution >= 4 is 0 Å². The molecule has 0 spiro atoms. The Hall–Kier alpha value is -4.89. The molecule has 0 aliphatic heterocycles. The second kappa shape index (κ2) is 12.1. The molecule has 3 heteroatoms. The van der Waals surface area contributed by atoms with Crippen molar-refractivity contribution in [1.29, 1.82) is 0 Å². The molecular formula is C43H43N3. The molecule has 3 aromatic heterocycles. The van der Waals surface area contributed by atoms with Gasteiger partial charge in [-0.05, 0) is 61.4 Å². The Labute approximate surface area is 274 Å². The smallest absolute Gasteiger partial charge is 0.0705 e. The van der Waals surface area contributed by atoms with E-state index in [2.05, 4.69) is 175 Å². The molecule has 1 unspecified atom stereocenters. The zero-order chi connectivity index (χ0) is 32.4. The van der Waals surface area contributed by atoms with E-state index < -0.39 is 21.7 Å². The molecule has 0 bridgehead atoms. The van der Waals surface area contributed by atoms with E-state index in [1.54, 1.807) is 0 Å². The molecule has 0 fully saturated rings. The molecule has 0 N–H and O–H groups in total. The van der Waals surface area contributed by atoms with Crippen molar-refractivity contribution in [2.75, 3.05) is 0 Å². The number of pyridine rings is 3. The molecule has 6 aromatic rings. The Kier molecular flexibility index (Phi) is 8.20. The zero-order valence-corrected chi connectivity index (χ0v) is 27.8. The second-order valence-electron chi connectivity index (χ2n) is 13.8. The minimum atomic E-state index is -0.637. The summed E-state index contributed by atoms with van der Waals surface area (Å²) in [6.07, 6.45) is 1.90. The highest BCUT2D eigenvalue weighted by molar-refractivity contribution is 5.59. The van der Waals surface area contributed by atoms with E-state index in [1.807, 2.05) is 18.3 Å². The normalized spacial score (nSPS) is 13.6. The van der Waals surface area contributed by atoms with E-state index in [1.165, 1.54) is 11.1 Å². The van der Waals surface area contributed by atoms with Gasteiger partial charge in [-0.15, -0.1) is 0 Å². The minimum Gasteiger partial charge on any atom is -0.261 e. The van der Waals surface area contributed by atoms with Gasteiger partial charge in [0.1, 0.15) is 0 Å². The number of rotatable bonds is 9. The molecule has 1 atom stereocenters. The van der Waals surface area contributed by atoms with Crippen LogP contribution in [-0.2, 0) is 21.7 Å². The Morgan fingerprint density at radius 3 is 1.50 bits per heavy atom. The van der Waals surface area contributed by atoms with Crippen molar-refractivity contribution in [1.82, 2.24) is 15.0 Å². The first-order chi connectivity index (χ1) is 22.1. The summed E-state index contributed by atoms with van der Waals surface area (Å²) < 4.78 is 0. The maximum absolute atomic E-state index is 5.69. The standard InChI is InChI=1S/C43H43N3/c1-40(2,36-28-18-26-35(45-36)32-20-10-7-11-21-32)37-29-19-30-39(46-37)43(34-24-14-9-15-25-34,41(3,4)33-22-12-8-13-23-33)42(5,6)38-27-16-17-31-44-38/h7-31H,1-6H3. The predicted molar refractivity (Wildman–Crippen MR) is 190 cm³/mol. The largest absolute Gasteiger partial charge is 0.261 e. The number of benzene rings is 3. The third-order valence-electron chi connectivity index (χ3n) is 10.1. The van der Waals surface area contributed by atoms with Crippen LogP contribution in [0.15, 0.2) is 152 Å². The van der Waals surface area contributed by atoms with Gasteiger partial charge in [0.25, 0.3) is 0 Å². The summed E-state index contributed by atoms with van der Waals surface area (Å²) in [5.74, 6) is 0. The van der Waals surface area contributed by atoms with Gasteiger partial charge < -0.3 is 0 Å². The molecule has 3 nitrogen and oxygen atoms in total. The Morgan fingerprint density at radius 2 is 0.891 bits per heavy atom. The lowest BCUT2D eigenvalue weighted by atomic mass is 9.46. The fraction of sp³-hybridized carbons (Fsp3) is 0.233. The van der Waals surface area contributed by atoms with Gasteiger partial charge in [-0.1, -0.05) is 137 Å². The van der Waals surface area contributed by atoms with Crippen LogP contribution in [0.4, 0.5) is 0 Å². The lowest BCUT2D eigenvalue weighted by Crippen LogP contribution is -2.58. The maximum atomic E-state index is 5.69. The van der Waals surface area contributed by atoms with E-state index in [-0.39, 0.29) is 0 Å². The summed E-state index contributed by atoms with van der Waals surface area (Å²) in [4.78, 5) is 15.9. The molecule has 0 saturated carbocycles. The van der Waals surface area contributed by atoms with Crippen molar-refractivity contribution in [3.05, 3.63) is 186 Å². The van der Waals surface area contributed by atoms with Crippen LogP contribution in [0.3, 0.4) is 0 Å². The molecule has 0 amide bonds. The topological polar surface area (TPSA) is 38.7 Å². The average Bonchev–Trinajstić information content (AvgIpc) is 3.10. The fourth-order valence-corrected chi connectivity index (χ4v) is 7.65. The highest BCUT2D eigenvalue weighted by Gasteiger charge is 2.60.